The molecule has 2 aliphatic carbocycles. The molecular formula is C14H24F3NO. The van der Waals surface area contributed by atoms with E-state index in [1.54, 1.807) is 0 Å². The molecule has 0 aromatic rings. The van der Waals surface area contributed by atoms with E-state index in [0.717, 1.165) is 19.4 Å². The fourth-order valence-electron chi connectivity index (χ4n) is 3.42. The van der Waals surface area contributed by atoms with Crippen molar-refractivity contribution in [2.45, 2.75) is 63.8 Å². The molecule has 2 fully saturated rings. The highest BCUT2D eigenvalue weighted by atomic mass is 19.4. The van der Waals surface area contributed by atoms with Gasteiger partial charge in [0.05, 0.1) is 12.0 Å². The number of alkyl halides is 3. The van der Waals surface area contributed by atoms with Crippen LogP contribution in [0.5, 0.6) is 0 Å². The van der Waals surface area contributed by atoms with Gasteiger partial charge in [-0.1, -0.05) is 13.3 Å². The van der Waals surface area contributed by atoms with Gasteiger partial charge in [-0.15, -0.1) is 0 Å². The van der Waals surface area contributed by atoms with Crippen LogP contribution in [-0.2, 0) is 0 Å². The van der Waals surface area contributed by atoms with E-state index in [9.17, 15) is 18.3 Å². The number of aliphatic hydroxyl groups is 1. The third-order valence-electron chi connectivity index (χ3n) is 4.80. The van der Waals surface area contributed by atoms with Crippen LogP contribution in [0.3, 0.4) is 0 Å². The zero-order valence-electron chi connectivity index (χ0n) is 11.5. The molecule has 0 spiro atoms. The van der Waals surface area contributed by atoms with Crippen molar-refractivity contribution in [1.82, 2.24) is 4.90 Å². The van der Waals surface area contributed by atoms with Crippen LogP contribution >= 0.6 is 0 Å². The average Bonchev–Trinajstić information content (AvgIpc) is 2.26. The second-order valence-corrected chi connectivity index (χ2v) is 6.07. The van der Waals surface area contributed by atoms with Gasteiger partial charge in [-0.05, 0) is 44.6 Å². The van der Waals surface area contributed by atoms with Crippen molar-refractivity contribution in [3.05, 3.63) is 0 Å². The Balaban J connectivity index is 2.05. The molecule has 0 radical (unpaired) electrons. The lowest BCUT2D eigenvalue weighted by Gasteiger charge is -2.44. The van der Waals surface area contributed by atoms with Crippen LogP contribution in [0.4, 0.5) is 13.2 Å². The molecule has 3 atom stereocenters. The molecule has 3 unspecified atom stereocenters. The third-order valence-corrected chi connectivity index (χ3v) is 4.80. The van der Waals surface area contributed by atoms with Crippen molar-refractivity contribution in [1.29, 1.82) is 0 Å². The highest BCUT2D eigenvalue weighted by Crippen LogP contribution is 2.41. The lowest BCUT2D eigenvalue weighted by Crippen LogP contribution is -2.52. The molecule has 19 heavy (non-hydrogen) atoms. The van der Waals surface area contributed by atoms with Crippen LogP contribution in [0, 0.1) is 11.8 Å². The predicted octanol–water partition coefficient (Wildman–Crippen LogP) is 3.20. The molecule has 0 aromatic carbocycles. The second-order valence-electron chi connectivity index (χ2n) is 6.07. The molecule has 0 amide bonds. The molecule has 2 rings (SSSR count). The van der Waals surface area contributed by atoms with E-state index in [4.69, 9.17) is 0 Å². The first-order valence-corrected chi connectivity index (χ1v) is 7.40. The van der Waals surface area contributed by atoms with Crippen LogP contribution < -0.4 is 0 Å². The topological polar surface area (TPSA) is 23.5 Å². The van der Waals surface area contributed by atoms with Crippen molar-refractivity contribution in [3.8, 4) is 0 Å². The van der Waals surface area contributed by atoms with Gasteiger partial charge in [0.1, 0.15) is 0 Å². The van der Waals surface area contributed by atoms with Crippen molar-refractivity contribution < 1.29 is 18.3 Å². The molecule has 2 saturated carbocycles. The van der Waals surface area contributed by atoms with Crippen molar-refractivity contribution in [2.24, 2.45) is 11.8 Å². The molecule has 0 heterocycles. The van der Waals surface area contributed by atoms with Gasteiger partial charge < -0.3 is 5.11 Å². The fraction of sp³-hybridized carbons (Fsp3) is 1.00. The standard InChI is InChI=1S/C14H24F3NO/c1-2-18(9-10-4-3-5-10)13-8-11(19)6-7-12(13)14(15,16)17/h10-13,19H,2-9H2,1H3. The number of halogens is 3. The number of rotatable bonds is 4. The molecule has 0 aromatic heterocycles. The lowest BCUT2D eigenvalue weighted by atomic mass is 9.79. The molecule has 0 bridgehead atoms. The normalized spacial score (nSPS) is 33.5. The van der Waals surface area contributed by atoms with E-state index >= 15 is 0 Å². The SMILES string of the molecule is CCN(CC1CCC1)C1CC(O)CCC1C(F)(F)F. The molecule has 2 nitrogen and oxygen atoms in total. The van der Waals surface area contributed by atoms with E-state index in [1.807, 2.05) is 11.8 Å². The number of nitrogens with zero attached hydrogens (tertiary/aromatic N) is 1. The number of aliphatic hydroxyl groups excluding tert-OH is 1. The first-order chi connectivity index (χ1) is 8.91. The second kappa shape index (κ2) is 6.00. The van der Waals surface area contributed by atoms with Gasteiger partial charge in [-0.25, -0.2) is 0 Å². The molecular weight excluding hydrogens is 255 g/mol. The minimum atomic E-state index is -4.14. The average molecular weight is 279 g/mol. The monoisotopic (exact) mass is 279 g/mol. The summed E-state index contributed by atoms with van der Waals surface area (Å²) >= 11 is 0. The predicted molar refractivity (Wildman–Crippen MR) is 67.8 cm³/mol. The third kappa shape index (κ3) is 3.63. The number of hydrogen-bond donors (Lipinski definition) is 1. The Hall–Kier alpha value is -0.290. The zero-order chi connectivity index (χ0) is 14.0. The van der Waals surface area contributed by atoms with Gasteiger partial charge in [0.15, 0.2) is 0 Å². The van der Waals surface area contributed by atoms with Crippen LogP contribution in [0.15, 0.2) is 0 Å². The highest BCUT2D eigenvalue weighted by Gasteiger charge is 2.49. The van der Waals surface area contributed by atoms with Crippen LogP contribution in [0.25, 0.3) is 0 Å². The summed E-state index contributed by atoms with van der Waals surface area (Å²) in [4.78, 5) is 1.96. The summed E-state index contributed by atoms with van der Waals surface area (Å²) in [6.07, 6.45) is -0.608. The van der Waals surface area contributed by atoms with E-state index in [1.165, 1.54) is 6.42 Å². The number of hydrogen-bond acceptors (Lipinski definition) is 2. The van der Waals surface area contributed by atoms with E-state index in [2.05, 4.69) is 0 Å². The lowest BCUT2D eigenvalue weighted by molar-refractivity contribution is -0.205. The summed E-state index contributed by atoms with van der Waals surface area (Å²) in [7, 11) is 0. The summed E-state index contributed by atoms with van der Waals surface area (Å²) in [5, 5.41) is 9.72. The van der Waals surface area contributed by atoms with Crippen LogP contribution in [0.2, 0.25) is 0 Å². The molecule has 0 aliphatic heterocycles. The molecule has 5 heteroatoms. The quantitative estimate of drug-likeness (QED) is 0.854. The van der Waals surface area contributed by atoms with Crippen molar-refractivity contribution in [3.63, 3.8) is 0 Å². The van der Waals surface area contributed by atoms with E-state index in [0.29, 0.717) is 12.5 Å². The van der Waals surface area contributed by atoms with Gasteiger partial charge >= 0.3 is 6.18 Å². The maximum atomic E-state index is 13.1. The minimum absolute atomic E-state index is 0.0660. The molecule has 2 aliphatic rings. The van der Waals surface area contributed by atoms with Gasteiger partial charge in [-0.3, -0.25) is 4.90 Å². The highest BCUT2D eigenvalue weighted by molar-refractivity contribution is 4.91. The summed E-state index contributed by atoms with van der Waals surface area (Å²) in [6, 6.07) is -0.533. The zero-order valence-corrected chi connectivity index (χ0v) is 11.5. The Kier molecular flexibility index (Phi) is 4.77. The molecule has 1 N–H and O–H groups in total. The Bertz CT molecular complexity index is 291. The smallest absolute Gasteiger partial charge is 0.393 e. The largest absolute Gasteiger partial charge is 0.393 e. The van der Waals surface area contributed by atoms with Crippen molar-refractivity contribution in [2.75, 3.05) is 13.1 Å². The Morgan fingerprint density at radius 1 is 1.16 bits per heavy atom. The fourth-order valence-corrected chi connectivity index (χ4v) is 3.42. The molecule has 0 saturated heterocycles. The maximum absolute atomic E-state index is 13.1. The van der Waals surface area contributed by atoms with E-state index < -0.39 is 24.2 Å². The summed E-state index contributed by atoms with van der Waals surface area (Å²) in [6.45, 7) is 3.33. The van der Waals surface area contributed by atoms with Gasteiger partial charge in [0.25, 0.3) is 0 Å². The maximum Gasteiger partial charge on any atom is 0.393 e. The molecule has 112 valence electrons. The first kappa shape index (κ1) is 15.1. The van der Waals surface area contributed by atoms with Crippen molar-refractivity contribution >= 4 is 0 Å². The summed E-state index contributed by atoms with van der Waals surface area (Å²) in [5.41, 5.74) is 0. The first-order valence-electron chi connectivity index (χ1n) is 7.40. The summed E-state index contributed by atoms with van der Waals surface area (Å²) in [5.74, 6) is -0.705. The minimum Gasteiger partial charge on any atom is -0.393 e. The Morgan fingerprint density at radius 2 is 1.84 bits per heavy atom. The van der Waals surface area contributed by atoms with Gasteiger partial charge in [0.2, 0.25) is 0 Å². The van der Waals surface area contributed by atoms with Gasteiger partial charge in [0, 0.05) is 12.6 Å². The van der Waals surface area contributed by atoms with Crippen LogP contribution in [0.1, 0.15) is 45.4 Å². The van der Waals surface area contributed by atoms with Gasteiger partial charge in [-0.2, -0.15) is 13.2 Å². The van der Waals surface area contributed by atoms with E-state index in [-0.39, 0.29) is 19.3 Å². The van der Waals surface area contributed by atoms with Crippen LogP contribution in [-0.4, -0.2) is 41.4 Å². The Labute approximate surface area is 113 Å². The summed E-state index contributed by atoms with van der Waals surface area (Å²) < 4.78 is 39.4. The Morgan fingerprint density at radius 3 is 2.32 bits per heavy atom.